The van der Waals surface area contributed by atoms with Crippen LogP contribution in [0, 0.1) is 11.3 Å². The smallest absolute Gasteiger partial charge is 0.225 e. The van der Waals surface area contributed by atoms with E-state index in [0.717, 1.165) is 12.8 Å². The standard InChI is InChI=1S/C13H16ClN3O/c1-2-3-10(16)7-13(18)17-11-4-5-12(14)9(6-11)8-15/h4-6,10H,2-3,7,16H2,1H3,(H,17,18). The maximum Gasteiger partial charge on any atom is 0.225 e. The van der Waals surface area contributed by atoms with E-state index in [1.54, 1.807) is 18.2 Å². The van der Waals surface area contributed by atoms with Gasteiger partial charge in [0.05, 0.1) is 10.6 Å². The summed E-state index contributed by atoms with van der Waals surface area (Å²) in [5, 5.41) is 11.9. The number of anilines is 1. The van der Waals surface area contributed by atoms with E-state index in [1.165, 1.54) is 0 Å². The van der Waals surface area contributed by atoms with Gasteiger partial charge in [-0.05, 0) is 24.6 Å². The van der Waals surface area contributed by atoms with Crippen LogP contribution < -0.4 is 11.1 Å². The second kappa shape index (κ2) is 7.00. The third-order valence-corrected chi connectivity index (χ3v) is 2.81. The fourth-order valence-electron chi connectivity index (χ4n) is 1.61. The molecule has 1 aromatic carbocycles. The molecule has 1 amide bonds. The van der Waals surface area contributed by atoms with Crippen LogP contribution in [0.4, 0.5) is 5.69 Å². The van der Waals surface area contributed by atoms with Crippen molar-refractivity contribution in [3.63, 3.8) is 0 Å². The number of hydrogen-bond acceptors (Lipinski definition) is 3. The number of nitrogens with one attached hydrogen (secondary N) is 1. The van der Waals surface area contributed by atoms with Crippen LogP contribution >= 0.6 is 11.6 Å². The van der Waals surface area contributed by atoms with Crippen LogP contribution in [0.2, 0.25) is 5.02 Å². The first kappa shape index (κ1) is 14.5. The van der Waals surface area contributed by atoms with E-state index in [-0.39, 0.29) is 18.4 Å². The lowest BCUT2D eigenvalue weighted by molar-refractivity contribution is -0.116. The number of hydrogen-bond donors (Lipinski definition) is 2. The molecule has 18 heavy (non-hydrogen) atoms. The van der Waals surface area contributed by atoms with Crippen molar-refractivity contribution < 1.29 is 4.79 Å². The minimum atomic E-state index is -0.151. The highest BCUT2D eigenvalue weighted by Crippen LogP contribution is 2.19. The Bertz CT molecular complexity index is 468. The fourth-order valence-corrected chi connectivity index (χ4v) is 1.77. The molecule has 0 aliphatic heterocycles. The molecule has 0 heterocycles. The van der Waals surface area contributed by atoms with Crippen LogP contribution in [-0.4, -0.2) is 11.9 Å². The van der Waals surface area contributed by atoms with Gasteiger partial charge in [-0.15, -0.1) is 0 Å². The summed E-state index contributed by atoms with van der Waals surface area (Å²) in [6.07, 6.45) is 2.05. The molecule has 0 saturated carbocycles. The van der Waals surface area contributed by atoms with Gasteiger partial charge in [0.25, 0.3) is 0 Å². The van der Waals surface area contributed by atoms with Gasteiger partial charge in [0.15, 0.2) is 0 Å². The Hall–Kier alpha value is -1.57. The van der Waals surface area contributed by atoms with Crippen LogP contribution in [0.1, 0.15) is 31.7 Å². The Balaban J connectivity index is 2.62. The summed E-state index contributed by atoms with van der Waals surface area (Å²) >= 11 is 5.80. The SMILES string of the molecule is CCCC(N)CC(=O)Nc1ccc(Cl)c(C#N)c1. The summed E-state index contributed by atoms with van der Waals surface area (Å²) in [5.41, 5.74) is 6.68. The fraction of sp³-hybridized carbons (Fsp3) is 0.385. The molecule has 0 saturated heterocycles. The van der Waals surface area contributed by atoms with Crippen molar-refractivity contribution in [1.29, 1.82) is 5.26 Å². The summed E-state index contributed by atoms with van der Waals surface area (Å²) < 4.78 is 0. The number of nitrogens with zero attached hydrogens (tertiary/aromatic N) is 1. The lowest BCUT2D eigenvalue weighted by Gasteiger charge is -2.10. The third kappa shape index (κ3) is 4.36. The van der Waals surface area contributed by atoms with Gasteiger partial charge in [0.2, 0.25) is 5.91 Å². The van der Waals surface area contributed by atoms with Crippen molar-refractivity contribution in [2.24, 2.45) is 5.73 Å². The molecule has 0 bridgehead atoms. The van der Waals surface area contributed by atoms with Crippen molar-refractivity contribution in [2.75, 3.05) is 5.32 Å². The van der Waals surface area contributed by atoms with Crippen LogP contribution in [0.25, 0.3) is 0 Å². The highest BCUT2D eigenvalue weighted by Gasteiger charge is 2.09. The Kier molecular flexibility index (Phi) is 5.63. The van der Waals surface area contributed by atoms with E-state index in [2.05, 4.69) is 5.32 Å². The third-order valence-electron chi connectivity index (χ3n) is 2.48. The van der Waals surface area contributed by atoms with Gasteiger partial charge in [0, 0.05) is 18.2 Å². The number of carbonyl (C=O) groups is 1. The molecule has 0 aliphatic rings. The number of benzene rings is 1. The average Bonchev–Trinajstić information content (AvgIpc) is 2.31. The first-order valence-electron chi connectivity index (χ1n) is 5.82. The highest BCUT2D eigenvalue weighted by atomic mass is 35.5. The first-order valence-corrected chi connectivity index (χ1v) is 6.19. The van der Waals surface area contributed by atoms with Gasteiger partial charge < -0.3 is 11.1 Å². The summed E-state index contributed by atoms with van der Waals surface area (Å²) in [6, 6.07) is 6.63. The zero-order valence-corrected chi connectivity index (χ0v) is 11.0. The highest BCUT2D eigenvalue weighted by molar-refractivity contribution is 6.31. The van der Waals surface area contributed by atoms with E-state index >= 15 is 0 Å². The molecular weight excluding hydrogens is 250 g/mol. The van der Waals surface area contributed by atoms with Crippen LogP contribution in [0.5, 0.6) is 0 Å². The van der Waals surface area contributed by atoms with Crippen molar-refractivity contribution >= 4 is 23.2 Å². The molecule has 0 radical (unpaired) electrons. The lowest BCUT2D eigenvalue weighted by Crippen LogP contribution is -2.26. The molecule has 5 heteroatoms. The predicted molar refractivity (Wildman–Crippen MR) is 72.3 cm³/mol. The number of amides is 1. The Morgan fingerprint density at radius 2 is 2.33 bits per heavy atom. The molecule has 1 rings (SSSR count). The molecule has 1 atom stereocenters. The summed E-state index contributed by atoms with van der Waals surface area (Å²) in [7, 11) is 0. The van der Waals surface area contributed by atoms with Gasteiger partial charge in [-0.3, -0.25) is 4.79 Å². The van der Waals surface area contributed by atoms with Gasteiger partial charge in [-0.2, -0.15) is 5.26 Å². The van der Waals surface area contributed by atoms with Crippen LogP contribution in [0.15, 0.2) is 18.2 Å². The maximum absolute atomic E-state index is 11.7. The van der Waals surface area contributed by atoms with Gasteiger partial charge >= 0.3 is 0 Å². The Morgan fingerprint density at radius 1 is 1.61 bits per heavy atom. The van der Waals surface area contributed by atoms with Crippen molar-refractivity contribution in [3.8, 4) is 6.07 Å². The second-order valence-electron chi connectivity index (χ2n) is 4.11. The monoisotopic (exact) mass is 265 g/mol. The number of nitrogens with two attached hydrogens (primary N) is 1. The second-order valence-corrected chi connectivity index (χ2v) is 4.51. The molecule has 0 spiro atoms. The zero-order chi connectivity index (χ0) is 13.5. The zero-order valence-electron chi connectivity index (χ0n) is 10.2. The van der Waals surface area contributed by atoms with E-state index in [1.807, 2.05) is 13.0 Å². The molecule has 4 nitrogen and oxygen atoms in total. The lowest BCUT2D eigenvalue weighted by atomic mass is 10.1. The van der Waals surface area contributed by atoms with E-state index in [9.17, 15) is 4.79 Å². The van der Waals surface area contributed by atoms with Gasteiger partial charge in [-0.1, -0.05) is 24.9 Å². The Morgan fingerprint density at radius 3 is 2.94 bits per heavy atom. The first-order chi connectivity index (χ1) is 8.56. The van der Waals surface area contributed by atoms with Crippen molar-refractivity contribution in [2.45, 2.75) is 32.2 Å². The van der Waals surface area contributed by atoms with Crippen molar-refractivity contribution in [3.05, 3.63) is 28.8 Å². The Labute approximate surface area is 112 Å². The largest absolute Gasteiger partial charge is 0.327 e. The molecule has 0 fully saturated rings. The topological polar surface area (TPSA) is 78.9 Å². The quantitative estimate of drug-likeness (QED) is 0.859. The number of nitriles is 1. The molecule has 0 aliphatic carbocycles. The number of halogens is 1. The summed E-state index contributed by atoms with van der Waals surface area (Å²) in [6.45, 7) is 2.02. The summed E-state index contributed by atoms with van der Waals surface area (Å²) in [5.74, 6) is -0.151. The molecule has 96 valence electrons. The summed E-state index contributed by atoms with van der Waals surface area (Å²) in [4.78, 5) is 11.7. The molecular formula is C13H16ClN3O. The minimum absolute atomic E-state index is 0.127. The van der Waals surface area contributed by atoms with Gasteiger partial charge in [0.1, 0.15) is 6.07 Å². The van der Waals surface area contributed by atoms with Crippen LogP contribution in [0.3, 0.4) is 0 Å². The van der Waals surface area contributed by atoms with Gasteiger partial charge in [-0.25, -0.2) is 0 Å². The van der Waals surface area contributed by atoms with E-state index in [0.29, 0.717) is 16.3 Å². The minimum Gasteiger partial charge on any atom is -0.327 e. The molecule has 1 unspecified atom stereocenters. The average molecular weight is 266 g/mol. The van der Waals surface area contributed by atoms with E-state index < -0.39 is 0 Å². The normalized spacial score (nSPS) is 11.7. The molecule has 1 aromatic rings. The number of carbonyl (C=O) groups excluding carboxylic acids is 1. The molecule has 0 aromatic heterocycles. The maximum atomic E-state index is 11.7. The van der Waals surface area contributed by atoms with Crippen molar-refractivity contribution in [1.82, 2.24) is 0 Å². The number of rotatable bonds is 5. The van der Waals surface area contributed by atoms with E-state index in [4.69, 9.17) is 22.6 Å². The van der Waals surface area contributed by atoms with Crippen LogP contribution in [-0.2, 0) is 4.79 Å². The molecule has 3 N–H and O–H groups in total. The predicted octanol–water partition coefficient (Wildman–Crippen LogP) is 2.67.